The molecule has 1 aromatic carbocycles. The van der Waals surface area contributed by atoms with E-state index in [0.29, 0.717) is 13.1 Å². The molecule has 1 N–H and O–H groups in total. The van der Waals surface area contributed by atoms with Crippen molar-refractivity contribution in [1.82, 2.24) is 4.90 Å². The minimum Gasteiger partial charge on any atom is -0.406 e. The molecule has 1 aromatic rings. The number of hydrogen-bond donors (Lipinski definition) is 1. The van der Waals surface area contributed by atoms with Crippen LogP contribution in [0.1, 0.15) is 13.8 Å². The molecule has 2 amide bonds. The van der Waals surface area contributed by atoms with E-state index in [1.807, 2.05) is 13.8 Å². The number of amides is 2. The molecule has 0 radical (unpaired) electrons. The average Bonchev–Trinajstić information content (AvgIpc) is 2.35. The van der Waals surface area contributed by atoms with Crippen LogP contribution in [-0.4, -0.2) is 42.6 Å². The standard InChI is InChI=1S/C14H17F3N2O3/c1-9-7-19(8-10(2)21-9)13(20)18-11-4-3-5-12(6-11)22-14(15,16)17/h3-6,9-10H,7-8H2,1-2H3,(H,18,20)/t9-,10-/m1/s1. The number of morpholine rings is 1. The second kappa shape index (κ2) is 6.43. The van der Waals surface area contributed by atoms with Gasteiger partial charge in [-0.25, -0.2) is 4.79 Å². The highest BCUT2D eigenvalue weighted by Gasteiger charge is 2.31. The molecular weight excluding hydrogens is 301 g/mol. The summed E-state index contributed by atoms with van der Waals surface area (Å²) >= 11 is 0. The fraction of sp³-hybridized carbons (Fsp3) is 0.500. The first kappa shape index (κ1) is 16.4. The quantitative estimate of drug-likeness (QED) is 0.911. The Kier molecular flexibility index (Phi) is 4.80. The topological polar surface area (TPSA) is 50.8 Å². The number of nitrogens with one attached hydrogen (secondary N) is 1. The normalized spacial score (nSPS) is 22.3. The third-order valence-corrected chi connectivity index (χ3v) is 3.03. The van der Waals surface area contributed by atoms with Gasteiger partial charge in [-0.2, -0.15) is 0 Å². The summed E-state index contributed by atoms with van der Waals surface area (Å²) in [6, 6.07) is 4.78. The molecule has 0 aliphatic carbocycles. The Morgan fingerprint density at radius 3 is 2.55 bits per heavy atom. The summed E-state index contributed by atoms with van der Waals surface area (Å²) in [6.45, 7) is 4.56. The summed E-state index contributed by atoms with van der Waals surface area (Å²) < 4.78 is 45.9. The Morgan fingerprint density at radius 2 is 1.95 bits per heavy atom. The van der Waals surface area contributed by atoms with E-state index in [9.17, 15) is 18.0 Å². The number of carbonyl (C=O) groups is 1. The second-order valence-electron chi connectivity index (χ2n) is 5.17. The number of benzene rings is 1. The van der Waals surface area contributed by atoms with E-state index < -0.39 is 6.36 Å². The molecule has 22 heavy (non-hydrogen) atoms. The Morgan fingerprint density at radius 1 is 1.32 bits per heavy atom. The highest BCUT2D eigenvalue weighted by molar-refractivity contribution is 5.89. The molecule has 0 unspecified atom stereocenters. The van der Waals surface area contributed by atoms with E-state index in [-0.39, 0.29) is 29.7 Å². The summed E-state index contributed by atoms with van der Waals surface area (Å²) in [4.78, 5) is 13.7. The lowest BCUT2D eigenvalue weighted by Crippen LogP contribution is -2.49. The first-order valence-corrected chi connectivity index (χ1v) is 6.80. The first-order valence-electron chi connectivity index (χ1n) is 6.80. The molecule has 8 heteroatoms. The fourth-order valence-electron chi connectivity index (χ4n) is 2.32. The van der Waals surface area contributed by atoms with Crippen LogP contribution < -0.4 is 10.1 Å². The molecule has 0 saturated carbocycles. The highest BCUT2D eigenvalue weighted by atomic mass is 19.4. The van der Waals surface area contributed by atoms with Crippen LogP contribution >= 0.6 is 0 Å². The number of ether oxygens (including phenoxy) is 2. The largest absolute Gasteiger partial charge is 0.573 e. The van der Waals surface area contributed by atoms with Gasteiger partial charge in [0, 0.05) is 24.8 Å². The van der Waals surface area contributed by atoms with E-state index in [0.717, 1.165) is 6.07 Å². The van der Waals surface area contributed by atoms with Crippen LogP contribution in [0, 0.1) is 0 Å². The molecule has 0 aromatic heterocycles. The highest BCUT2D eigenvalue weighted by Crippen LogP contribution is 2.25. The van der Waals surface area contributed by atoms with Crippen molar-refractivity contribution < 1.29 is 27.4 Å². The van der Waals surface area contributed by atoms with Crippen LogP contribution in [0.15, 0.2) is 24.3 Å². The van der Waals surface area contributed by atoms with Gasteiger partial charge in [0.2, 0.25) is 0 Å². The molecule has 122 valence electrons. The molecule has 1 heterocycles. The van der Waals surface area contributed by atoms with Gasteiger partial charge in [-0.15, -0.1) is 13.2 Å². The van der Waals surface area contributed by atoms with E-state index >= 15 is 0 Å². The minimum atomic E-state index is -4.77. The average molecular weight is 318 g/mol. The van der Waals surface area contributed by atoms with Crippen molar-refractivity contribution in [3.63, 3.8) is 0 Å². The predicted octanol–water partition coefficient (Wildman–Crippen LogP) is 3.23. The molecule has 5 nitrogen and oxygen atoms in total. The van der Waals surface area contributed by atoms with Gasteiger partial charge < -0.3 is 19.7 Å². The lowest BCUT2D eigenvalue weighted by molar-refractivity contribution is -0.274. The molecule has 2 atom stereocenters. The van der Waals surface area contributed by atoms with Crippen molar-refractivity contribution in [3.8, 4) is 5.75 Å². The molecule has 2 rings (SSSR count). The van der Waals surface area contributed by atoms with Crippen molar-refractivity contribution >= 4 is 11.7 Å². The monoisotopic (exact) mass is 318 g/mol. The van der Waals surface area contributed by atoms with Crippen LogP contribution in [0.25, 0.3) is 0 Å². The molecule has 1 saturated heterocycles. The molecule has 1 aliphatic heterocycles. The van der Waals surface area contributed by atoms with Crippen molar-refractivity contribution in [2.75, 3.05) is 18.4 Å². The molecule has 0 spiro atoms. The smallest absolute Gasteiger partial charge is 0.406 e. The van der Waals surface area contributed by atoms with Crippen molar-refractivity contribution in [2.45, 2.75) is 32.4 Å². The van der Waals surface area contributed by atoms with E-state index in [1.165, 1.54) is 18.2 Å². The number of rotatable bonds is 2. The van der Waals surface area contributed by atoms with E-state index in [4.69, 9.17) is 4.74 Å². The summed E-state index contributed by atoms with van der Waals surface area (Å²) in [5.74, 6) is -0.381. The maximum absolute atomic E-state index is 12.2. The Bertz CT molecular complexity index is 526. The van der Waals surface area contributed by atoms with Gasteiger partial charge in [0.15, 0.2) is 0 Å². The maximum Gasteiger partial charge on any atom is 0.573 e. The second-order valence-corrected chi connectivity index (χ2v) is 5.17. The molecular formula is C14H17F3N2O3. The Balaban J connectivity index is 2.01. The van der Waals surface area contributed by atoms with Crippen molar-refractivity contribution in [2.24, 2.45) is 0 Å². The van der Waals surface area contributed by atoms with Gasteiger partial charge in [0.05, 0.1) is 12.2 Å². The van der Waals surface area contributed by atoms with Crippen LogP contribution in [0.4, 0.5) is 23.7 Å². The number of urea groups is 1. The third-order valence-electron chi connectivity index (χ3n) is 3.03. The van der Waals surface area contributed by atoms with Crippen molar-refractivity contribution in [3.05, 3.63) is 24.3 Å². The predicted molar refractivity (Wildman–Crippen MR) is 73.7 cm³/mol. The number of anilines is 1. The number of alkyl halides is 3. The lowest BCUT2D eigenvalue weighted by atomic mass is 10.2. The number of hydrogen-bond acceptors (Lipinski definition) is 3. The van der Waals surface area contributed by atoms with Gasteiger partial charge in [0.1, 0.15) is 5.75 Å². The van der Waals surface area contributed by atoms with E-state index in [2.05, 4.69) is 10.1 Å². The van der Waals surface area contributed by atoms with Crippen LogP contribution in [-0.2, 0) is 4.74 Å². The van der Waals surface area contributed by atoms with Gasteiger partial charge >= 0.3 is 12.4 Å². The number of carbonyl (C=O) groups excluding carboxylic acids is 1. The van der Waals surface area contributed by atoms with Gasteiger partial charge in [-0.05, 0) is 26.0 Å². The SMILES string of the molecule is C[C@@H]1CN(C(=O)Nc2cccc(OC(F)(F)F)c2)C[C@@H](C)O1. The number of halogens is 3. The summed E-state index contributed by atoms with van der Waals surface area (Å²) in [5, 5.41) is 2.56. The van der Waals surface area contributed by atoms with Gasteiger partial charge in [-0.3, -0.25) is 0 Å². The minimum absolute atomic E-state index is 0.0885. The Hall–Kier alpha value is -1.96. The molecule has 1 fully saturated rings. The Labute approximate surface area is 126 Å². The van der Waals surface area contributed by atoms with Crippen LogP contribution in [0.3, 0.4) is 0 Å². The zero-order valence-electron chi connectivity index (χ0n) is 12.2. The summed E-state index contributed by atoms with van der Waals surface area (Å²) in [5.41, 5.74) is 0.235. The van der Waals surface area contributed by atoms with Crippen LogP contribution in [0.5, 0.6) is 5.75 Å². The summed E-state index contributed by atoms with van der Waals surface area (Å²) in [7, 11) is 0. The maximum atomic E-state index is 12.2. The lowest BCUT2D eigenvalue weighted by Gasteiger charge is -2.35. The van der Waals surface area contributed by atoms with Gasteiger partial charge in [-0.1, -0.05) is 6.07 Å². The summed E-state index contributed by atoms with van der Waals surface area (Å²) in [6.07, 6.45) is -4.94. The molecule has 0 bridgehead atoms. The zero-order valence-corrected chi connectivity index (χ0v) is 12.2. The zero-order chi connectivity index (χ0) is 16.3. The first-order chi connectivity index (χ1) is 10.2. The number of nitrogens with zero attached hydrogens (tertiary/aromatic N) is 1. The van der Waals surface area contributed by atoms with Gasteiger partial charge in [0.25, 0.3) is 0 Å². The van der Waals surface area contributed by atoms with Crippen LogP contribution in [0.2, 0.25) is 0 Å². The fourth-order valence-corrected chi connectivity index (χ4v) is 2.32. The molecule has 1 aliphatic rings. The van der Waals surface area contributed by atoms with Crippen molar-refractivity contribution in [1.29, 1.82) is 0 Å². The van der Waals surface area contributed by atoms with E-state index in [1.54, 1.807) is 4.90 Å². The third kappa shape index (κ3) is 4.80.